The summed E-state index contributed by atoms with van der Waals surface area (Å²) in [6.45, 7) is 0. The number of rotatable bonds is 1. The first-order valence-electron chi connectivity index (χ1n) is 4.55. The average Bonchev–Trinajstić information content (AvgIpc) is 2.73. The molecule has 0 saturated carbocycles. The molecule has 0 bridgehead atoms. The number of nitrogens with zero attached hydrogens (tertiary/aromatic N) is 2. The van der Waals surface area contributed by atoms with Crippen molar-refractivity contribution in [3.8, 4) is 0 Å². The Kier molecular flexibility index (Phi) is 1.73. The van der Waals surface area contributed by atoms with Crippen LogP contribution in [0.2, 0.25) is 5.02 Å². The van der Waals surface area contributed by atoms with Crippen LogP contribution < -0.4 is 0 Å². The summed E-state index contributed by atoms with van der Waals surface area (Å²) in [5.41, 5.74) is 1.66. The van der Waals surface area contributed by atoms with Gasteiger partial charge >= 0.3 is 5.97 Å². The number of benzene rings is 1. The number of carboxylic acid groups (broad SMARTS) is 1. The third-order valence-electron chi connectivity index (χ3n) is 2.39. The minimum absolute atomic E-state index is 0.111. The Labute approximate surface area is 94.3 Å². The van der Waals surface area contributed by atoms with E-state index in [1.165, 1.54) is 6.20 Å². The van der Waals surface area contributed by atoms with Crippen LogP contribution >= 0.6 is 11.6 Å². The predicted octanol–water partition coefficient (Wildman–Crippen LogP) is 2.17. The van der Waals surface area contributed by atoms with Crippen molar-refractivity contribution >= 4 is 34.4 Å². The van der Waals surface area contributed by atoms with E-state index in [4.69, 9.17) is 16.7 Å². The number of carbonyl (C=O) groups is 1. The van der Waals surface area contributed by atoms with E-state index >= 15 is 0 Å². The van der Waals surface area contributed by atoms with E-state index < -0.39 is 5.97 Å². The highest BCUT2D eigenvalue weighted by Gasteiger charge is 2.11. The number of H-pyrrole nitrogens is 1. The van der Waals surface area contributed by atoms with Crippen LogP contribution in [0.5, 0.6) is 0 Å². The highest BCUT2D eigenvalue weighted by molar-refractivity contribution is 6.31. The van der Waals surface area contributed by atoms with Gasteiger partial charge in [-0.15, -0.1) is 0 Å². The van der Waals surface area contributed by atoms with Crippen molar-refractivity contribution in [1.29, 1.82) is 0 Å². The molecular weight excluding hydrogens is 230 g/mol. The fourth-order valence-corrected chi connectivity index (χ4v) is 1.85. The van der Waals surface area contributed by atoms with Gasteiger partial charge in [0.05, 0.1) is 11.0 Å². The molecule has 0 fully saturated rings. The normalized spacial score (nSPS) is 11.3. The number of hydrogen-bond acceptors (Lipinski definition) is 2. The van der Waals surface area contributed by atoms with Crippen LogP contribution in [-0.4, -0.2) is 25.4 Å². The third kappa shape index (κ3) is 1.18. The molecule has 3 rings (SSSR count). The van der Waals surface area contributed by atoms with Gasteiger partial charge in [-0.3, -0.25) is 4.40 Å². The SMILES string of the molecule is O=C(O)c1cn2c(nc3cc(Cl)ccc32)[nH]1. The molecule has 5 nitrogen and oxygen atoms in total. The lowest BCUT2D eigenvalue weighted by Gasteiger charge is -1.90. The first-order chi connectivity index (χ1) is 7.65. The number of aromatic amines is 1. The zero-order valence-electron chi connectivity index (χ0n) is 7.94. The Hall–Kier alpha value is -2.01. The molecule has 80 valence electrons. The van der Waals surface area contributed by atoms with Crippen molar-refractivity contribution in [2.45, 2.75) is 0 Å². The summed E-state index contributed by atoms with van der Waals surface area (Å²) in [5.74, 6) is -0.512. The molecule has 0 aliphatic carbocycles. The molecule has 0 atom stereocenters. The second-order valence-corrected chi connectivity index (χ2v) is 3.85. The molecule has 0 aliphatic rings. The molecule has 2 aromatic heterocycles. The van der Waals surface area contributed by atoms with Gasteiger partial charge in [-0.2, -0.15) is 0 Å². The van der Waals surface area contributed by atoms with Crippen LogP contribution in [0.4, 0.5) is 0 Å². The third-order valence-corrected chi connectivity index (χ3v) is 2.62. The number of aromatic carboxylic acids is 1. The highest BCUT2D eigenvalue weighted by atomic mass is 35.5. The fraction of sp³-hybridized carbons (Fsp3) is 0. The van der Waals surface area contributed by atoms with Gasteiger partial charge in [-0.25, -0.2) is 9.78 Å². The second-order valence-electron chi connectivity index (χ2n) is 3.41. The van der Waals surface area contributed by atoms with E-state index in [2.05, 4.69) is 9.97 Å². The van der Waals surface area contributed by atoms with Gasteiger partial charge in [0.25, 0.3) is 0 Å². The largest absolute Gasteiger partial charge is 0.477 e. The molecule has 6 heteroatoms. The molecule has 3 aromatic rings. The first-order valence-corrected chi connectivity index (χ1v) is 4.92. The van der Waals surface area contributed by atoms with Gasteiger partial charge < -0.3 is 10.1 Å². The number of imidazole rings is 2. The monoisotopic (exact) mass is 235 g/mol. The molecule has 0 spiro atoms. The van der Waals surface area contributed by atoms with Crippen LogP contribution in [0.15, 0.2) is 24.4 Å². The maximum Gasteiger partial charge on any atom is 0.353 e. The Morgan fingerprint density at radius 1 is 1.50 bits per heavy atom. The van der Waals surface area contributed by atoms with E-state index in [0.717, 1.165) is 11.0 Å². The summed E-state index contributed by atoms with van der Waals surface area (Å²) in [6.07, 6.45) is 1.50. The van der Waals surface area contributed by atoms with Crippen molar-refractivity contribution in [2.75, 3.05) is 0 Å². The van der Waals surface area contributed by atoms with Gasteiger partial charge in [-0.05, 0) is 18.2 Å². The molecule has 1 aromatic carbocycles. The van der Waals surface area contributed by atoms with Crippen LogP contribution in [0.1, 0.15) is 10.5 Å². The lowest BCUT2D eigenvalue weighted by atomic mass is 10.3. The number of fused-ring (bicyclic) bond motifs is 3. The van der Waals surface area contributed by atoms with Crippen molar-refractivity contribution in [3.63, 3.8) is 0 Å². The first kappa shape index (κ1) is 9.23. The topological polar surface area (TPSA) is 70.4 Å². The van der Waals surface area contributed by atoms with Gasteiger partial charge in [0.15, 0.2) is 0 Å². The quantitative estimate of drug-likeness (QED) is 0.679. The molecule has 0 aliphatic heterocycles. The molecular formula is C10H6ClN3O2. The van der Waals surface area contributed by atoms with Crippen LogP contribution in [0.25, 0.3) is 16.8 Å². The van der Waals surface area contributed by atoms with Crippen LogP contribution in [-0.2, 0) is 0 Å². The second kappa shape index (κ2) is 2.99. The van der Waals surface area contributed by atoms with Crippen molar-refractivity contribution in [1.82, 2.24) is 14.4 Å². The minimum atomic E-state index is -1.01. The summed E-state index contributed by atoms with van der Waals surface area (Å²) in [6, 6.07) is 5.28. The zero-order chi connectivity index (χ0) is 11.3. The lowest BCUT2D eigenvalue weighted by Crippen LogP contribution is -1.95. The fourth-order valence-electron chi connectivity index (χ4n) is 1.68. The molecule has 0 unspecified atom stereocenters. The van der Waals surface area contributed by atoms with Crippen LogP contribution in [0, 0.1) is 0 Å². The zero-order valence-corrected chi connectivity index (χ0v) is 8.69. The number of hydrogen-bond donors (Lipinski definition) is 2. The molecule has 0 radical (unpaired) electrons. The van der Waals surface area contributed by atoms with E-state index in [-0.39, 0.29) is 5.69 Å². The van der Waals surface area contributed by atoms with Gasteiger partial charge in [0, 0.05) is 11.2 Å². The molecule has 2 heterocycles. The van der Waals surface area contributed by atoms with Gasteiger partial charge in [0.1, 0.15) is 5.69 Å². The summed E-state index contributed by atoms with van der Waals surface area (Å²) < 4.78 is 1.69. The van der Waals surface area contributed by atoms with Crippen LogP contribution in [0.3, 0.4) is 0 Å². The molecule has 2 N–H and O–H groups in total. The lowest BCUT2D eigenvalue weighted by molar-refractivity contribution is 0.0691. The minimum Gasteiger partial charge on any atom is -0.477 e. The maximum atomic E-state index is 10.8. The molecule has 0 saturated heterocycles. The Balaban J connectivity index is 2.38. The summed E-state index contributed by atoms with van der Waals surface area (Å²) >= 11 is 5.84. The van der Waals surface area contributed by atoms with E-state index in [0.29, 0.717) is 10.8 Å². The molecule has 0 amide bonds. The summed E-state index contributed by atoms with van der Waals surface area (Å²) in [7, 11) is 0. The van der Waals surface area contributed by atoms with Gasteiger partial charge in [-0.1, -0.05) is 11.6 Å². The number of halogens is 1. The van der Waals surface area contributed by atoms with E-state index in [1.54, 1.807) is 22.6 Å². The Morgan fingerprint density at radius 3 is 3.06 bits per heavy atom. The number of aromatic nitrogens is 3. The number of carboxylic acids is 1. The molecule has 16 heavy (non-hydrogen) atoms. The van der Waals surface area contributed by atoms with Crippen molar-refractivity contribution in [3.05, 3.63) is 35.1 Å². The highest BCUT2D eigenvalue weighted by Crippen LogP contribution is 2.20. The average molecular weight is 236 g/mol. The Bertz CT molecular complexity index is 713. The van der Waals surface area contributed by atoms with Crippen molar-refractivity contribution in [2.24, 2.45) is 0 Å². The van der Waals surface area contributed by atoms with Crippen molar-refractivity contribution < 1.29 is 9.90 Å². The maximum absolute atomic E-state index is 10.8. The number of nitrogens with one attached hydrogen (secondary N) is 1. The summed E-state index contributed by atoms with van der Waals surface area (Å²) in [5, 5.41) is 9.43. The standard InChI is InChI=1S/C10H6ClN3O2/c11-5-1-2-8-6(3-5)12-10-13-7(9(15)16)4-14(8)10/h1-4H,(H,12,13)(H,15,16). The Morgan fingerprint density at radius 2 is 2.31 bits per heavy atom. The predicted molar refractivity (Wildman–Crippen MR) is 59.0 cm³/mol. The van der Waals surface area contributed by atoms with E-state index in [1.807, 2.05) is 0 Å². The van der Waals surface area contributed by atoms with E-state index in [9.17, 15) is 4.79 Å². The smallest absolute Gasteiger partial charge is 0.353 e. The van der Waals surface area contributed by atoms with Gasteiger partial charge in [0.2, 0.25) is 5.78 Å². The summed E-state index contributed by atoms with van der Waals surface area (Å²) in [4.78, 5) is 17.7.